The van der Waals surface area contributed by atoms with Crippen molar-refractivity contribution in [3.05, 3.63) is 59.4 Å². The highest BCUT2D eigenvalue weighted by molar-refractivity contribution is 5.43. The summed E-state index contributed by atoms with van der Waals surface area (Å²) in [4.78, 5) is 4.20. The van der Waals surface area contributed by atoms with Gasteiger partial charge in [0.25, 0.3) is 0 Å². The Labute approximate surface area is 107 Å². The molecule has 0 bridgehead atoms. The number of hydrogen-bond acceptors (Lipinski definition) is 3. The molecular weight excluding hydrogens is 224 g/mol. The van der Waals surface area contributed by atoms with Gasteiger partial charge in [0.2, 0.25) is 0 Å². The molecule has 0 saturated carbocycles. The van der Waals surface area contributed by atoms with Crippen molar-refractivity contribution in [1.29, 1.82) is 0 Å². The van der Waals surface area contributed by atoms with Crippen LogP contribution in [0, 0.1) is 0 Å². The lowest BCUT2D eigenvalue weighted by molar-refractivity contribution is 0.412. The predicted octanol–water partition coefficient (Wildman–Crippen LogP) is 2.33. The Bertz CT molecular complexity index is 539. The first-order chi connectivity index (χ1) is 8.88. The van der Waals surface area contributed by atoms with Gasteiger partial charge in [0.15, 0.2) is 0 Å². The lowest BCUT2D eigenvalue weighted by Crippen LogP contribution is -2.30. The molecule has 0 amide bonds. The van der Waals surface area contributed by atoms with Crippen LogP contribution >= 0.6 is 0 Å². The number of ether oxygens (including phenoxy) is 1. The average molecular weight is 240 g/mol. The van der Waals surface area contributed by atoms with E-state index in [0.29, 0.717) is 0 Å². The molecule has 1 N–H and O–H groups in total. The number of rotatable bonds is 2. The zero-order valence-electron chi connectivity index (χ0n) is 10.4. The molecule has 3 nitrogen and oxygen atoms in total. The van der Waals surface area contributed by atoms with Crippen molar-refractivity contribution in [1.82, 2.24) is 10.3 Å². The minimum atomic E-state index is 0.220. The first-order valence-electron chi connectivity index (χ1n) is 6.18. The molecule has 0 saturated heterocycles. The second-order valence-electron chi connectivity index (χ2n) is 4.49. The average Bonchev–Trinajstić information content (AvgIpc) is 2.47. The van der Waals surface area contributed by atoms with Gasteiger partial charge in [-0.15, -0.1) is 0 Å². The molecule has 3 rings (SSSR count). The van der Waals surface area contributed by atoms with Gasteiger partial charge >= 0.3 is 0 Å². The maximum absolute atomic E-state index is 5.32. The van der Waals surface area contributed by atoms with Crippen LogP contribution in [0.3, 0.4) is 0 Å². The molecule has 3 heteroatoms. The molecule has 0 fully saturated rings. The number of pyridine rings is 1. The summed E-state index contributed by atoms with van der Waals surface area (Å²) in [5, 5.41) is 3.55. The summed E-state index contributed by atoms with van der Waals surface area (Å²) < 4.78 is 5.32. The third-order valence-corrected chi connectivity index (χ3v) is 3.42. The molecule has 18 heavy (non-hydrogen) atoms. The molecular formula is C15H16N2O. The summed E-state index contributed by atoms with van der Waals surface area (Å²) >= 11 is 0. The van der Waals surface area contributed by atoms with Gasteiger partial charge in [-0.3, -0.25) is 4.98 Å². The van der Waals surface area contributed by atoms with Crippen molar-refractivity contribution in [3.8, 4) is 5.75 Å². The summed E-state index contributed by atoms with van der Waals surface area (Å²) in [6, 6.07) is 10.6. The highest BCUT2D eigenvalue weighted by Gasteiger charge is 2.21. The Morgan fingerprint density at radius 2 is 2.28 bits per heavy atom. The molecule has 2 heterocycles. The number of fused-ring (bicyclic) bond motifs is 1. The Hall–Kier alpha value is -1.87. The molecule has 1 unspecified atom stereocenters. The van der Waals surface area contributed by atoms with Crippen LogP contribution in [0.25, 0.3) is 0 Å². The van der Waals surface area contributed by atoms with Crippen molar-refractivity contribution in [3.63, 3.8) is 0 Å². The number of nitrogens with zero attached hydrogens (tertiary/aromatic N) is 1. The van der Waals surface area contributed by atoms with Crippen molar-refractivity contribution in [2.24, 2.45) is 0 Å². The van der Waals surface area contributed by atoms with E-state index >= 15 is 0 Å². The van der Waals surface area contributed by atoms with Gasteiger partial charge in [0.1, 0.15) is 5.75 Å². The molecule has 1 aromatic carbocycles. The van der Waals surface area contributed by atoms with E-state index in [2.05, 4.69) is 28.5 Å². The van der Waals surface area contributed by atoms with Gasteiger partial charge < -0.3 is 10.1 Å². The lowest BCUT2D eigenvalue weighted by Gasteiger charge is -2.27. The van der Waals surface area contributed by atoms with Crippen LogP contribution in [0.5, 0.6) is 5.75 Å². The van der Waals surface area contributed by atoms with Crippen molar-refractivity contribution in [2.75, 3.05) is 13.7 Å². The van der Waals surface area contributed by atoms with Gasteiger partial charge in [-0.25, -0.2) is 0 Å². The van der Waals surface area contributed by atoms with Crippen LogP contribution in [0.2, 0.25) is 0 Å². The summed E-state index contributed by atoms with van der Waals surface area (Å²) in [7, 11) is 1.71. The van der Waals surface area contributed by atoms with Crippen LogP contribution in [0.15, 0.2) is 42.7 Å². The van der Waals surface area contributed by atoms with Crippen LogP contribution < -0.4 is 10.1 Å². The van der Waals surface area contributed by atoms with E-state index in [-0.39, 0.29) is 6.04 Å². The summed E-state index contributed by atoms with van der Waals surface area (Å²) in [6.45, 7) is 0.999. The van der Waals surface area contributed by atoms with Crippen molar-refractivity contribution in [2.45, 2.75) is 12.5 Å². The Morgan fingerprint density at radius 3 is 3.06 bits per heavy atom. The number of methoxy groups -OCH3 is 1. The van der Waals surface area contributed by atoms with Crippen LogP contribution in [-0.2, 0) is 6.42 Å². The highest BCUT2D eigenvalue weighted by atomic mass is 16.5. The fourth-order valence-electron chi connectivity index (χ4n) is 2.50. The van der Waals surface area contributed by atoms with Crippen LogP contribution in [-0.4, -0.2) is 18.6 Å². The minimum absolute atomic E-state index is 0.220. The fraction of sp³-hybridized carbons (Fsp3) is 0.267. The molecule has 1 aliphatic rings. The summed E-state index contributed by atoms with van der Waals surface area (Å²) in [6.07, 6.45) is 4.79. The SMILES string of the molecule is COc1ccc2c(c1)C(c1cccnc1)NCC2. The Balaban J connectivity index is 2.05. The third-order valence-electron chi connectivity index (χ3n) is 3.42. The van der Waals surface area contributed by atoms with Gasteiger partial charge in [-0.1, -0.05) is 12.1 Å². The van der Waals surface area contributed by atoms with E-state index in [1.54, 1.807) is 13.3 Å². The number of aromatic nitrogens is 1. The van der Waals surface area contributed by atoms with E-state index in [4.69, 9.17) is 4.74 Å². The number of benzene rings is 1. The second kappa shape index (κ2) is 4.78. The smallest absolute Gasteiger partial charge is 0.119 e. The molecule has 2 aromatic rings. The standard InChI is InChI=1S/C15H16N2O/c1-18-13-5-4-11-6-8-17-15(14(11)9-13)12-3-2-7-16-10-12/h2-5,7,9-10,15,17H,6,8H2,1H3. The first kappa shape index (κ1) is 11.2. The largest absolute Gasteiger partial charge is 0.497 e. The van der Waals surface area contributed by atoms with Gasteiger partial charge in [0, 0.05) is 18.9 Å². The number of hydrogen-bond donors (Lipinski definition) is 1. The zero-order valence-corrected chi connectivity index (χ0v) is 10.4. The monoisotopic (exact) mass is 240 g/mol. The molecule has 1 aromatic heterocycles. The Morgan fingerprint density at radius 1 is 1.33 bits per heavy atom. The second-order valence-corrected chi connectivity index (χ2v) is 4.49. The van der Waals surface area contributed by atoms with E-state index in [0.717, 1.165) is 18.7 Å². The quantitative estimate of drug-likeness (QED) is 0.874. The molecule has 0 aliphatic carbocycles. The maximum atomic E-state index is 5.32. The predicted molar refractivity (Wildman–Crippen MR) is 70.8 cm³/mol. The van der Waals surface area contributed by atoms with E-state index in [1.165, 1.54) is 16.7 Å². The highest BCUT2D eigenvalue weighted by Crippen LogP contribution is 2.30. The minimum Gasteiger partial charge on any atom is -0.497 e. The van der Waals surface area contributed by atoms with Gasteiger partial charge in [-0.05, 0) is 41.3 Å². The zero-order chi connectivity index (χ0) is 12.4. The lowest BCUT2D eigenvalue weighted by atomic mass is 9.90. The topological polar surface area (TPSA) is 34.1 Å². The summed E-state index contributed by atoms with van der Waals surface area (Å²) in [5.74, 6) is 0.909. The number of nitrogens with one attached hydrogen (secondary N) is 1. The van der Waals surface area contributed by atoms with Crippen LogP contribution in [0.4, 0.5) is 0 Å². The van der Waals surface area contributed by atoms with Crippen molar-refractivity contribution < 1.29 is 4.74 Å². The summed E-state index contributed by atoms with van der Waals surface area (Å²) in [5.41, 5.74) is 3.89. The van der Waals surface area contributed by atoms with Gasteiger partial charge in [0.05, 0.1) is 13.2 Å². The van der Waals surface area contributed by atoms with Gasteiger partial charge in [-0.2, -0.15) is 0 Å². The van der Waals surface area contributed by atoms with Crippen LogP contribution in [0.1, 0.15) is 22.7 Å². The molecule has 1 aliphatic heterocycles. The van der Waals surface area contributed by atoms with E-state index in [1.807, 2.05) is 18.3 Å². The Kier molecular flexibility index (Phi) is 2.99. The molecule has 0 spiro atoms. The molecule has 92 valence electrons. The molecule has 0 radical (unpaired) electrons. The first-order valence-corrected chi connectivity index (χ1v) is 6.18. The normalized spacial score (nSPS) is 18.2. The van der Waals surface area contributed by atoms with E-state index < -0.39 is 0 Å². The van der Waals surface area contributed by atoms with Crippen molar-refractivity contribution >= 4 is 0 Å². The third kappa shape index (κ3) is 1.97. The fourth-order valence-corrected chi connectivity index (χ4v) is 2.50. The van der Waals surface area contributed by atoms with E-state index in [9.17, 15) is 0 Å². The molecule has 1 atom stereocenters. The maximum Gasteiger partial charge on any atom is 0.119 e.